The molecule has 0 amide bonds. The summed E-state index contributed by atoms with van der Waals surface area (Å²) in [5.74, 6) is 3.13. The minimum atomic E-state index is -0.404. The number of benzene rings is 9. The Morgan fingerprint density at radius 1 is 0.492 bits per heavy atom. The number of aromatic nitrogens is 1. The van der Waals surface area contributed by atoms with Crippen molar-refractivity contribution in [3.63, 3.8) is 0 Å². The molecule has 0 N–H and O–H groups in total. The summed E-state index contributed by atoms with van der Waals surface area (Å²) < 4.78 is 16.5. The Labute approximate surface area is 377 Å². The van der Waals surface area contributed by atoms with Gasteiger partial charge in [-0.1, -0.05) is 152 Å². The monoisotopic (exact) mass is 832 g/mol. The third-order valence-electron chi connectivity index (χ3n) is 14.2. The van der Waals surface area contributed by atoms with Crippen molar-refractivity contribution in [3.05, 3.63) is 252 Å². The predicted molar refractivity (Wildman–Crippen MR) is 264 cm³/mol. The van der Waals surface area contributed by atoms with E-state index < -0.39 is 5.41 Å². The number of rotatable bonds is 5. The molecule has 0 bridgehead atoms. The van der Waals surface area contributed by atoms with Crippen molar-refractivity contribution in [2.45, 2.75) is 17.8 Å². The molecule has 14 rings (SSSR count). The molecular weight excluding hydrogens is 793 g/mol. The molecule has 4 heteroatoms. The average molecular weight is 833 g/mol. The second-order valence-electron chi connectivity index (χ2n) is 17.5. The van der Waals surface area contributed by atoms with E-state index in [1.165, 1.54) is 60.8 Å². The van der Waals surface area contributed by atoms with Crippen molar-refractivity contribution in [1.29, 1.82) is 0 Å². The summed E-state index contributed by atoms with van der Waals surface area (Å²) in [7, 11) is 0. The van der Waals surface area contributed by atoms with Crippen LogP contribution in [-0.2, 0) is 5.41 Å². The summed E-state index contributed by atoms with van der Waals surface area (Å²) >= 11 is 0. The number of fused-ring (bicyclic) bond motifs is 15. The van der Waals surface area contributed by atoms with E-state index >= 15 is 0 Å². The third kappa shape index (κ3) is 5.14. The van der Waals surface area contributed by atoms with Crippen molar-refractivity contribution in [2.24, 2.45) is 0 Å². The fraction of sp³-hybridized carbons (Fsp3) is 0.0492. The topological polar surface area (TPSA) is 26.6 Å². The Balaban J connectivity index is 0.866. The number of hydrogen-bond acceptors (Lipinski definition) is 3. The zero-order valence-electron chi connectivity index (χ0n) is 35.4. The van der Waals surface area contributed by atoms with Crippen molar-refractivity contribution in [1.82, 2.24) is 4.57 Å². The summed E-state index contributed by atoms with van der Waals surface area (Å²) in [6, 6.07) is 74.2. The minimum Gasteiger partial charge on any atom is -0.449 e. The lowest BCUT2D eigenvalue weighted by Gasteiger charge is -2.34. The zero-order chi connectivity index (χ0) is 42.6. The molecule has 4 aliphatic rings. The maximum Gasteiger partial charge on any atom is 0.194 e. The molecule has 0 saturated carbocycles. The van der Waals surface area contributed by atoms with Gasteiger partial charge in [0.05, 0.1) is 22.1 Å². The van der Waals surface area contributed by atoms with Gasteiger partial charge in [-0.15, -0.1) is 0 Å². The van der Waals surface area contributed by atoms with Crippen molar-refractivity contribution >= 4 is 38.9 Å². The average Bonchev–Trinajstić information content (AvgIpc) is 3.97. The van der Waals surface area contributed by atoms with Crippen LogP contribution in [0.2, 0.25) is 0 Å². The van der Waals surface area contributed by atoms with Gasteiger partial charge in [0, 0.05) is 33.8 Å². The van der Waals surface area contributed by atoms with Gasteiger partial charge in [0.2, 0.25) is 0 Å². The van der Waals surface area contributed by atoms with Gasteiger partial charge in [-0.3, -0.25) is 0 Å². The van der Waals surface area contributed by atoms with Crippen LogP contribution in [-0.4, -0.2) is 4.57 Å². The van der Waals surface area contributed by atoms with Crippen LogP contribution in [0.4, 0.5) is 17.1 Å². The second kappa shape index (κ2) is 13.8. The highest BCUT2D eigenvalue weighted by molar-refractivity contribution is 6.09. The normalized spacial score (nSPS) is 17.0. The molecule has 2 atom stereocenters. The van der Waals surface area contributed by atoms with Crippen LogP contribution in [0.1, 0.15) is 34.6 Å². The van der Waals surface area contributed by atoms with Crippen molar-refractivity contribution in [2.75, 3.05) is 4.90 Å². The Bertz CT molecular complexity index is 3600. The first-order valence-electron chi connectivity index (χ1n) is 22.5. The molecule has 306 valence electrons. The Kier molecular flexibility index (Phi) is 7.70. The highest BCUT2D eigenvalue weighted by atomic mass is 16.6. The molecule has 3 aliphatic carbocycles. The lowest BCUT2D eigenvalue weighted by atomic mass is 9.69. The van der Waals surface area contributed by atoms with Gasteiger partial charge in [-0.25, -0.2) is 0 Å². The second-order valence-corrected chi connectivity index (χ2v) is 17.5. The molecule has 0 saturated heterocycles. The fourth-order valence-electron chi connectivity index (χ4n) is 11.6. The zero-order valence-corrected chi connectivity index (χ0v) is 35.4. The van der Waals surface area contributed by atoms with Gasteiger partial charge >= 0.3 is 0 Å². The summed E-state index contributed by atoms with van der Waals surface area (Å²) in [5, 5.41) is 2.51. The minimum absolute atomic E-state index is 0.333. The van der Waals surface area contributed by atoms with E-state index in [4.69, 9.17) is 9.47 Å². The van der Waals surface area contributed by atoms with E-state index in [-0.39, 0.29) is 0 Å². The van der Waals surface area contributed by atoms with Crippen LogP contribution < -0.4 is 14.4 Å². The van der Waals surface area contributed by atoms with E-state index in [1.807, 2.05) is 6.07 Å². The first-order chi connectivity index (χ1) is 32.2. The molecule has 10 aromatic rings. The lowest BCUT2D eigenvalue weighted by Crippen LogP contribution is -2.27. The molecule has 1 aliphatic heterocycles. The maximum atomic E-state index is 7.13. The van der Waals surface area contributed by atoms with Crippen LogP contribution in [0, 0.1) is 0 Å². The summed E-state index contributed by atoms with van der Waals surface area (Å²) in [6.07, 6.45) is 7.92. The van der Waals surface area contributed by atoms with Crippen LogP contribution in [0.3, 0.4) is 0 Å². The SMILES string of the molecule is C1=CCC2C(=C1)C1(c3ccccc3-c3cc4c(cc31)Oc1cccc(N(c3ccccc3)c3cccc(-c5ccc(-n6c7ccccc7c7ccccc76)cc5)c3)c1O4)c1ccccc12. The summed E-state index contributed by atoms with van der Waals surface area (Å²) in [6.45, 7) is 0. The third-order valence-corrected chi connectivity index (χ3v) is 14.2. The van der Waals surface area contributed by atoms with Gasteiger partial charge in [0.15, 0.2) is 23.0 Å². The number of nitrogens with zero attached hydrogens (tertiary/aromatic N) is 2. The standard InChI is InChI=1S/C61H40N2O2/c1-2-17-41(18-3-1)62(43-19-14-16-40(36-43)39-32-34-42(35-33-39)63-54-28-12-7-23-47(54)48-24-8-13-29-55(48)63)56-30-15-31-57-60(56)65-58-37-49-46-22-6-11-27-52(46)61(53(49)38-59(58)64-57)50-25-9-4-20-44(50)45-21-5-10-26-51(45)61/h1-20,22-38,45H,21H2. The Hall–Kier alpha value is -8.34. The quantitative estimate of drug-likeness (QED) is 0.173. The van der Waals surface area contributed by atoms with E-state index in [0.29, 0.717) is 23.2 Å². The Morgan fingerprint density at radius 3 is 2.02 bits per heavy atom. The molecule has 4 nitrogen and oxygen atoms in total. The Morgan fingerprint density at radius 2 is 1.18 bits per heavy atom. The lowest BCUT2D eigenvalue weighted by molar-refractivity contribution is 0.360. The van der Waals surface area contributed by atoms with E-state index in [2.05, 4.69) is 228 Å². The summed E-state index contributed by atoms with van der Waals surface area (Å²) in [5.41, 5.74) is 17.5. The molecule has 9 aromatic carbocycles. The number of anilines is 3. The molecular formula is C61H40N2O2. The van der Waals surface area contributed by atoms with Gasteiger partial charge in [-0.05, 0) is 129 Å². The first kappa shape index (κ1) is 36.2. The summed E-state index contributed by atoms with van der Waals surface area (Å²) in [4.78, 5) is 2.28. The number of hydrogen-bond donors (Lipinski definition) is 0. The highest BCUT2D eigenvalue weighted by Gasteiger charge is 2.55. The van der Waals surface area contributed by atoms with E-state index in [9.17, 15) is 0 Å². The molecule has 65 heavy (non-hydrogen) atoms. The number of allylic oxidation sites excluding steroid dienone is 4. The largest absolute Gasteiger partial charge is 0.449 e. The van der Waals surface area contributed by atoms with Gasteiger partial charge < -0.3 is 18.9 Å². The molecule has 1 spiro atoms. The van der Waals surface area contributed by atoms with Crippen LogP contribution in [0.5, 0.6) is 23.0 Å². The van der Waals surface area contributed by atoms with Crippen LogP contribution in [0.15, 0.2) is 230 Å². The predicted octanol–water partition coefficient (Wildman–Crippen LogP) is 16.1. The molecule has 2 unspecified atom stereocenters. The number of ether oxygens (including phenoxy) is 2. The van der Waals surface area contributed by atoms with Gasteiger partial charge in [-0.2, -0.15) is 0 Å². The molecule has 0 radical (unpaired) electrons. The van der Waals surface area contributed by atoms with Crippen molar-refractivity contribution in [3.8, 4) is 50.9 Å². The van der Waals surface area contributed by atoms with E-state index in [1.54, 1.807) is 0 Å². The highest BCUT2D eigenvalue weighted by Crippen LogP contribution is 2.67. The molecule has 1 aromatic heterocycles. The fourth-order valence-corrected chi connectivity index (χ4v) is 11.6. The van der Waals surface area contributed by atoms with Crippen LogP contribution in [0.25, 0.3) is 49.7 Å². The first-order valence-corrected chi connectivity index (χ1v) is 22.5. The van der Waals surface area contributed by atoms with E-state index in [0.717, 1.165) is 46.0 Å². The van der Waals surface area contributed by atoms with Crippen LogP contribution >= 0.6 is 0 Å². The molecule has 0 fully saturated rings. The molecule has 2 heterocycles. The maximum absolute atomic E-state index is 7.13. The van der Waals surface area contributed by atoms with Gasteiger partial charge in [0.1, 0.15) is 0 Å². The number of para-hydroxylation sites is 4. The van der Waals surface area contributed by atoms with Crippen molar-refractivity contribution < 1.29 is 9.47 Å². The smallest absolute Gasteiger partial charge is 0.194 e. The van der Waals surface area contributed by atoms with Gasteiger partial charge in [0.25, 0.3) is 0 Å².